The maximum atomic E-state index is 11.6. The fourth-order valence-corrected chi connectivity index (χ4v) is 4.10. The van der Waals surface area contributed by atoms with Crippen LogP contribution >= 0.6 is 0 Å². The van der Waals surface area contributed by atoms with Crippen molar-refractivity contribution in [1.29, 1.82) is 0 Å². The molecule has 0 aromatic heterocycles. The molecule has 188 valence electrons. The first kappa shape index (κ1) is 27.7. The van der Waals surface area contributed by atoms with Gasteiger partial charge in [-0.1, -0.05) is 81.4 Å². The Morgan fingerprint density at radius 3 is 1.62 bits per heavy atom. The molecule has 0 bridgehead atoms. The molecule has 0 radical (unpaired) electrons. The van der Waals surface area contributed by atoms with E-state index in [1.54, 1.807) is 19.1 Å². The number of rotatable bonds is 5. The van der Waals surface area contributed by atoms with E-state index in [-0.39, 0.29) is 34.3 Å². The smallest absolute Gasteiger partial charge is 0.306 e. The third-order valence-corrected chi connectivity index (χ3v) is 6.37. The Balaban J connectivity index is 2.82. The molecule has 0 aliphatic rings. The molecule has 0 aliphatic heterocycles. The summed E-state index contributed by atoms with van der Waals surface area (Å²) in [6.07, 6.45) is -1.02. The Kier molecular flexibility index (Phi) is 7.54. The van der Waals surface area contributed by atoms with Crippen molar-refractivity contribution in [3.63, 3.8) is 0 Å². The van der Waals surface area contributed by atoms with Crippen molar-refractivity contribution in [2.24, 2.45) is 5.92 Å². The van der Waals surface area contributed by atoms with E-state index in [1.807, 2.05) is 53.7 Å². The zero-order valence-electron chi connectivity index (χ0n) is 22.4. The van der Waals surface area contributed by atoms with Crippen LogP contribution in [0.25, 0.3) is 0 Å². The van der Waals surface area contributed by atoms with Gasteiger partial charge in [-0.2, -0.15) is 0 Å². The van der Waals surface area contributed by atoms with Crippen LogP contribution in [0, 0.1) is 5.92 Å². The van der Waals surface area contributed by atoms with Gasteiger partial charge >= 0.3 is 5.97 Å². The Morgan fingerprint density at radius 1 is 0.765 bits per heavy atom. The molecular weight excluding hydrogens is 428 g/mol. The molecule has 2 aromatic carbocycles. The number of carboxylic acid groups (broad SMARTS) is 1. The zero-order chi connectivity index (χ0) is 26.4. The van der Waals surface area contributed by atoms with Crippen LogP contribution in [0.4, 0.5) is 0 Å². The molecule has 0 fully saturated rings. The molecule has 4 N–H and O–H groups in total. The summed E-state index contributed by atoms with van der Waals surface area (Å²) in [5, 5.41) is 43.4. The number of phenolic OH excluding ortho intramolecular Hbond substituents is 2. The number of carbonyl (C=O) groups is 1. The Morgan fingerprint density at radius 2 is 1.21 bits per heavy atom. The number of aromatic hydroxyl groups is 2. The molecule has 0 saturated heterocycles. The molecule has 0 spiro atoms. The van der Waals surface area contributed by atoms with E-state index in [1.165, 1.54) is 0 Å². The summed E-state index contributed by atoms with van der Waals surface area (Å²) in [5.41, 5.74) is 2.60. The van der Waals surface area contributed by atoms with Gasteiger partial charge in [-0.15, -0.1) is 0 Å². The number of aliphatic hydroxyl groups excluding tert-OH is 1. The molecule has 2 aromatic rings. The summed E-state index contributed by atoms with van der Waals surface area (Å²) in [6, 6.07) is 7.26. The van der Waals surface area contributed by atoms with Gasteiger partial charge in [0.2, 0.25) is 0 Å². The van der Waals surface area contributed by atoms with Gasteiger partial charge in [0.15, 0.2) is 0 Å². The number of carboxylic acids is 1. The number of phenols is 2. The molecule has 0 heterocycles. The molecule has 5 heteroatoms. The second-order valence-electron chi connectivity index (χ2n) is 12.6. The molecule has 0 aliphatic carbocycles. The number of hydrogen-bond acceptors (Lipinski definition) is 4. The SMILES string of the molecule is CC(Cc1cc(C(O)c2cc(C(C)(C)C)cc(C(C)(C)C)c2O)c(O)c(C(C)(C)C)c1)C(=O)O. The standard InChI is InChI=1S/C29H42O5/c1-16(26(33)34)11-17-12-19(24(31)21(13-17)28(5,6)7)23(30)20-14-18(27(2,3)4)15-22(25(20)32)29(8,9)10/h12-16,23,30-32H,11H2,1-10H3,(H,33,34). The summed E-state index contributed by atoms with van der Waals surface area (Å²) in [6.45, 7) is 19.8. The molecule has 0 amide bonds. The van der Waals surface area contributed by atoms with E-state index in [2.05, 4.69) is 20.8 Å². The minimum atomic E-state index is -1.29. The van der Waals surface area contributed by atoms with E-state index in [4.69, 9.17) is 0 Å². The third-order valence-electron chi connectivity index (χ3n) is 6.37. The highest BCUT2D eigenvalue weighted by Crippen LogP contribution is 2.45. The van der Waals surface area contributed by atoms with Crippen LogP contribution < -0.4 is 0 Å². The molecule has 0 saturated carbocycles. The highest BCUT2D eigenvalue weighted by molar-refractivity contribution is 5.70. The van der Waals surface area contributed by atoms with Gasteiger partial charge in [-0.05, 0) is 57.1 Å². The van der Waals surface area contributed by atoms with Crippen LogP contribution in [-0.4, -0.2) is 26.4 Å². The molecule has 5 nitrogen and oxygen atoms in total. The van der Waals surface area contributed by atoms with Gasteiger partial charge in [0, 0.05) is 11.1 Å². The highest BCUT2D eigenvalue weighted by atomic mass is 16.4. The van der Waals surface area contributed by atoms with Crippen molar-refractivity contribution in [3.05, 3.63) is 57.6 Å². The lowest BCUT2D eigenvalue weighted by molar-refractivity contribution is -0.141. The topological polar surface area (TPSA) is 98.0 Å². The van der Waals surface area contributed by atoms with Crippen molar-refractivity contribution in [1.82, 2.24) is 0 Å². The summed E-state index contributed by atoms with van der Waals surface area (Å²) in [4.78, 5) is 11.5. The second-order valence-corrected chi connectivity index (χ2v) is 12.6. The monoisotopic (exact) mass is 470 g/mol. The van der Waals surface area contributed by atoms with Gasteiger partial charge in [0.05, 0.1) is 5.92 Å². The minimum Gasteiger partial charge on any atom is -0.507 e. The van der Waals surface area contributed by atoms with Gasteiger partial charge in [0.1, 0.15) is 17.6 Å². The summed E-state index contributed by atoms with van der Waals surface area (Å²) < 4.78 is 0. The predicted molar refractivity (Wildman–Crippen MR) is 137 cm³/mol. The lowest BCUT2D eigenvalue weighted by atomic mass is 9.77. The first-order valence-corrected chi connectivity index (χ1v) is 11.9. The lowest BCUT2D eigenvalue weighted by Crippen LogP contribution is -2.19. The molecular formula is C29H42O5. The fraction of sp³-hybridized carbons (Fsp3) is 0.552. The minimum absolute atomic E-state index is 0.00835. The van der Waals surface area contributed by atoms with E-state index < -0.39 is 23.4 Å². The molecule has 34 heavy (non-hydrogen) atoms. The first-order valence-electron chi connectivity index (χ1n) is 11.9. The largest absolute Gasteiger partial charge is 0.507 e. The van der Waals surface area contributed by atoms with Crippen molar-refractivity contribution < 1.29 is 25.2 Å². The predicted octanol–water partition coefficient (Wildman–Crippen LogP) is 6.34. The van der Waals surface area contributed by atoms with Crippen LogP contribution in [0.1, 0.15) is 109 Å². The number of aliphatic carboxylic acids is 1. The Labute approximate surface area is 204 Å². The van der Waals surface area contributed by atoms with E-state index >= 15 is 0 Å². The van der Waals surface area contributed by atoms with E-state index in [0.29, 0.717) is 16.7 Å². The summed E-state index contributed by atoms with van der Waals surface area (Å²) in [7, 11) is 0. The van der Waals surface area contributed by atoms with Crippen LogP contribution in [0.15, 0.2) is 24.3 Å². The highest BCUT2D eigenvalue weighted by Gasteiger charge is 2.31. The average Bonchev–Trinajstić information content (AvgIpc) is 2.65. The lowest BCUT2D eigenvalue weighted by Gasteiger charge is -2.30. The van der Waals surface area contributed by atoms with Gasteiger partial charge < -0.3 is 20.4 Å². The molecule has 2 atom stereocenters. The van der Waals surface area contributed by atoms with Crippen molar-refractivity contribution >= 4 is 5.97 Å². The second kappa shape index (κ2) is 9.26. The van der Waals surface area contributed by atoms with Crippen molar-refractivity contribution in [2.75, 3.05) is 0 Å². The van der Waals surface area contributed by atoms with Crippen LogP contribution in [0.2, 0.25) is 0 Å². The maximum Gasteiger partial charge on any atom is 0.306 e. The van der Waals surface area contributed by atoms with E-state index in [0.717, 1.165) is 11.1 Å². The third kappa shape index (κ3) is 5.93. The number of benzene rings is 2. The van der Waals surface area contributed by atoms with Gasteiger partial charge in [-0.25, -0.2) is 0 Å². The quantitative estimate of drug-likeness (QED) is 0.409. The Hall–Kier alpha value is -2.53. The average molecular weight is 471 g/mol. The van der Waals surface area contributed by atoms with Crippen molar-refractivity contribution in [2.45, 2.75) is 98.0 Å². The fourth-order valence-electron chi connectivity index (χ4n) is 4.10. The maximum absolute atomic E-state index is 11.6. The zero-order valence-corrected chi connectivity index (χ0v) is 22.4. The van der Waals surface area contributed by atoms with Crippen LogP contribution in [0.3, 0.4) is 0 Å². The molecule has 2 unspecified atom stereocenters. The Bertz CT molecular complexity index is 1060. The normalized spacial score (nSPS) is 14.7. The number of hydrogen-bond donors (Lipinski definition) is 4. The molecule has 2 rings (SSSR count). The van der Waals surface area contributed by atoms with Crippen LogP contribution in [0.5, 0.6) is 11.5 Å². The van der Waals surface area contributed by atoms with Gasteiger partial charge in [0.25, 0.3) is 0 Å². The van der Waals surface area contributed by atoms with Crippen LogP contribution in [-0.2, 0) is 27.5 Å². The van der Waals surface area contributed by atoms with Crippen molar-refractivity contribution in [3.8, 4) is 11.5 Å². The van der Waals surface area contributed by atoms with Gasteiger partial charge in [-0.3, -0.25) is 4.79 Å². The summed E-state index contributed by atoms with van der Waals surface area (Å²) in [5.74, 6) is -1.55. The van der Waals surface area contributed by atoms with E-state index in [9.17, 15) is 25.2 Å². The number of aliphatic hydroxyl groups is 1. The first-order chi connectivity index (χ1) is 15.2. The summed E-state index contributed by atoms with van der Waals surface area (Å²) >= 11 is 0.